The van der Waals surface area contributed by atoms with E-state index in [0.717, 1.165) is 29.9 Å². The summed E-state index contributed by atoms with van der Waals surface area (Å²) < 4.78 is 29.5. The SMILES string of the molecule is Cc1ccc(NC(=O)CSc2nnc([C@H]3CCCN(S(=O)(=O)c4ccccc4)C3)n2C)cc1. The maximum Gasteiger partial charge on any atom is 0.243 e. The molecule has 0 spiro atoms. The van der Waals surface area contributed by atoms with Crippen LogP contribution in [0.4, 0.5) is 5.69 Å². The van der Waals surface area contributed by atoms with Gasteiger partial charge in [-0.2, -0.15) is 4.31 Å². The molecule has 1 fully saturated rings. The van der Waals surface area contributed by atoms with Gasteiger partial charge in [-0.25, -0.2) is 8.42 Å². The smallest absolute Gasteiger partial charge is 0.243 e. The van der Waals surface area contributed by atoms with E-state index in [2.05, 4.69) is 15.5 Å². The normalized spacial score (nSPS) is 17.1. The highest BCUT2D eigenvalue weighted by Crippen LogP contribution is 2.30. The second kappa shape index (κ2) is 10.1. The second-order valence-corrected chi connectivity index (χ2v) is 11.0. The van der Waals surface area contributed by atoms with Crippen LogP contribution in [0.1, 0.15) is 30.1 Å². The predicted octanol–water partition coefficient (Wildman–Crippen LogP) is 3.42. The van der Waals surface area contributed by atoms with Gasteiger partial charge in [-0.1, -0.05) is 47.7 Å². The van der Waals surface area contributed by atoms with Gasteiger partial charge in [0, 0.05) is 31.7 Å². The molecule has 1 atom stereocenters. The van der Waals surface area contributed by atoms with Gasteiger partial charge in [0.1, 0.15) is 5.82 Å². The van der Waals surface area contributed by atoms with Crippen LogP contribution in [-0.4, -0.2) is 52.2 Å². The van der Waals surface area contributed by atoms with Crippen LogP contribution in [0.15, 0.2) is 64.6 Å². The lowest BCUT2D eigenvalue weighted by Gasteiger charge is -2.31. The number of benzene rings is 2. The Bertz CT molecular complexity index is 1210. The molecule has 0 unspecified atom stereocenters. The van der Waals surface area contributed by atoms with Gasteiger partial charge >= 0.3 is 0 Å². The number of hydrogen-bond acceptors (Lipinski definition) is 6. The molecule has 3 aromatic rings. The molecular formula is C23H27N5O3S2. The van der Waals surface area contributed by atoms with Crippen LogP contribution in [0, 0.1) is 6.92 Å². The molecule has 1 saturated heterocycles. The van der Waals surface area contributed by atoms with E-state index in [9.17, 15) is 13.2 Å². The molecule has 1 aliphatic heterocycles. The number of sulfonamides is 1. The van der Waals surface area contributed by atoms with Gasteiger partial charge in [-0.15, -0.1) is 10.2 Å². The average Bonchev–Trinajstić information content (AvgIpc) is 3.20. The number of carbonyl (C=O) groups excluding carboxylic acids is 1. The monoisotopic (exact) mass is 485 g/mol. The van der Waals surface area contributed by atoms with Crippen LogP contribution in [-0.2, 0) is 21.9 Å². The summed E-state index contributed by atoms with van der Waals surface area (Å²) in [6, 6.07) is 16.2. The molecule has 174 valence electrons. The zero-order valence-corrected chi connectivity index (χ0v) is 20.3. The minimum Gasteiger partial charge on any atom is -0.325 e. The molecule has 1 aliphatic rings. The highest BCUT2D eigenvalue weighted by atomic mass is 32.2. The van der Waals surface area contributed by atoms with Crippen LogP contribution >= 0.6 is 11.8 Å². The van der Waals surface area contributed by atoms with Crippen molar-refractivity contribution < 1.29 is 13.2 Å². The fourth-order valence-corrected chi connectivity index (χ4v) is 6.15. The second-order valence-electron chi connectivity index (χ2n) is 8.12. The third kappa shape index (κ3) is 5.45. The molecule has 10 heteroatoms. The zero-order valence-electron chi connectivity index (χ0n) is 18.6. The number of anilines is 1. The van der Waals surface area contributed by atoms with Crippen LogP contribution in [0.5, 0.6) is 0 Å². The number of thioether (sulfide) groups is 1. The summed E-state index contributed by atoms with van der Waals surface area (Å²) in [5, 5.41) is 12.1. The summed E-state index contributed by atoms with van der Waals surface area (Å²) in [6.45, 7) is 2.85. The molecule has 2 heterocycles. The zero-order chi connectivity index (χ0) is 23.4. The number of rotatable bonds is 7. The Morgan fingerprint density at radius 1 is 1.12 bits per heavy atom. The van der Waals surface area contributed by atoms with Gasteiger partial charge < -0.3 is 9.88 Å². The van der Waals surface area contributed by atoms with Crippen LogP contribution in [0.3, 0.4) is 0 Å². The lowest BCUT2D eigenvalue weighted by atomic mass is 9.99. The third-order valence-electron chi connectivity index (χ3n) is 5.67. The maximum absolute atomic E-state index is 13.0. The first-order valence-electron chi connectivity index (χ1n) is 10.8. The number of aromatic nitrogens is 3. The fraction of sp³-hybridized carbons (Fsp3) is 0.348. The summed E-state index contributed by atoms with van der Waals surface area (Å²) in [6.07, 6.45) is 1.59. The summed E-state index contributed by atoms with van der Waals surface area (Å²) in [5.74, 6) is 0.778. The molecule has 8 nitrogen and oxygen atoms in total. The summed E-state index contributed by atoms with van der Waals surface area (Å²) in [7, 11) is -1.68. The lowest BCUT2D eigenvalue weighted by molar-refractivity contribution is -0.113. The van der Waals surface area contributed by atoms with Crippen LogP contribution in [0.2, 0.25) is 0 Å². The molecule has 33 heavy (non-hydrogen) atoms. The number of amides is 1. The van der Waals surface area contributed by atoms with E-state index in [-0.39, 0.29) is 17.6 Å². The number of piperidine rings is 1. The Morgan fingerprint density at radius 2 is 1.85 bits per heavy atom. The van der Waals surface area contributed by atoms with Crippen molar-refractivity contribution in [1.82, 2.24) is 19.1 Å². The van der Waals surface area contributed by atoms with Gasteiger partial charge in [0.05, 0.1) is 10.6 Å². The lowest BCUT2D eigenvalue weighted by Crippen LogP contribution is -2.39. The van der Waals surface area contributed by atoms with Crippen LogP contribution in [0.25, 0.3) is 0 Å². The van der Waals surface area contributed by atoms with E-state index in [1.807, 2.05) is 42.8 Å². The van der Waals surface area contributed by atoms with E-state index in [0.29, 0.717) is 23.1 Å². The molecule has 1 amide bonds. The number of carbonyl (C=O) groups is 1. The van der Waals surface area contributed by atoms with Crippen molar-refractivity contribution in [2.75, 3.05) is 24.2 Å². The summed E-state index contributed by atoms with van der Waals surface area (Å²) >= 11 is 1.31. The predicted molar refractivity (Wildman–Crippen MR) is 129 cm³/mol. The number of hydrogen-bond donors (Lipinski definition) is 1. The van der Waals surface area contributed by atoms with Crippen molar-refractivity contribution >= 4 is 33.4 Å². The molecule has 0 saturated carbocycles. The van der Waals surface area contributed by atoms with Crippen molar-refractivity contribution in [3.8, 4) is 0 Å². The Balaban J connectivity index is 1.39. The number of nitrogens with one attached hydrogen (secondary N) is 1. The summed E-state index contributed by atoms with van der Waals surface area (Å²) in [4.78, 5) is 12.6. The first-order valence-corrected chi connectivity index (χ1v) is 13.2. The van der Waals surface area contributed by atoms with Crippen molar-refractivity contribution in [3.63, 3.8) is 0 Å². The molecule has 2 aromatic carbocycles. The fourth-order valence-electron chi connectivity index (χ4n) is 3.88. The minimum atomic E-state index is -3.55. The summed E-state index contributed by atoms with van der Waals surface area (Å²) in [5.41, 5.74) is 1.89. The first kappa shape index (κ1) is 23.5. The quantitative estimate of drug-likeness (QED) is 0.515. The molecule has 0 bridgehead atoms. The topological polar surface area (TPSA) is 97.2 Å². The van der Waals surface area contributed by atoms with Gasteiger partial charge in [-0.05, 0) is 44.0 Å². The average molecular weight is 486 g/mol. The van der Waals surface area contributed by atoms with Crippen molar-refractivity contribution in [1.29, 1.82) is 0 Å². The first-order chi connectivity index (χ1) is 15.8. The Labute approximate surface area is 198 Å². The Hall–Kier alpha value is -2.69. The maximum atomic E-state index is 13.0. The van der Waals surface area contributed by atoms with E-state index in [4.69, 9.17) is 0 Å². The molecule has 4 rings (SSSR count). The Kier molecular flexibility index (Phi) is 7.16. The largest absolute Gasteiger partial charge is 0.325 e. The Morgan fingerprint density at radius 3 is 2.58 bits per heavy atom. The van der Waals surface area contributed by atoms with Crippen molar-refractivity contribution in [2.24, 2.45) is 7.05 Å². The third-order valence-corrected chi connectivity index (χ3v) is 8.57. The van der Waals surface area contributed by atoms with Gasteiger partial charge in [0.25, 0.3) is 0 Å². The molecule has 0 radical (unpaired) electrons. The van der Waals surface area contributed by atoms with E-state index in [1.165, 1.54) is 16.1 Å². The van der Waals surface area contributed by atoms with Crippen molar-refractivity contribution in [3.05, 3.63) is 66.0 Å². The minimum absolute atomic E-state index is 0.0505. The van der Waals surface area contributed by atoms with E-state index >= 15 is 0 Å². The van der Waals surface area contributed by atoms with Gasteiger partial charge in [0.2, 0.25) is 15.9 Å². The van der Waals surface area contributed by atoms with Gasteiger partial charge in [-0.3, -0.25) is 4.79 Å². The van der Waals surface area contributed by atoms with Crippen LogP contribution < -0.4 is 5.32 Å². The number of nitrogens with zero attached hydrogens (tertiary/aromatic N) is 4. The van der Waals surface area contributed by atoms with E-state index < -0.39 is 10.0 Å². The molecule has 1 aromatic heterocycles. The highest BCUT2D eigenvalue weighted by Gasteiger charge is 2.33. The molecule has 1 N–H and O–H groups in total. The highest BCUT2D eigenvalue weighted by molar-refractivity contribution is 7.99. The molecular weight excluding hydrogens is 458 g/mol. The van der Waals surface area contributed by atoms with E-state index in [1.54, 1.807) is 30.3 Å². The van der Waals surface area contributed by atoms with Gasteiger partial charge in [0.15, 0.2) is 5.16 Å². The molecule has 0 aliphatic carbocycles. The standard InChI is InChI=1S/C23H27N5O3S2/c1-17-10-12-19(13-11-17)24-21(29)16-32-23-26-25-22(27(23)2)18-7-6-14-28(15-18)33(30,31)20-8-4-3-5-9-20/h3-5,8-13,18H,6-7,14-16H2,1-2H3,(H,24,29)/t18-/m0/s1. The van der Waals surface area contributed by atoms with Crippen molar-refractivity contribution in [2.45, 2.75) is 35.7 Å². The number of aryl methyl sites for hydroxylation is 1.